The number of halogens is 1. The van der Waals surface area contributed by atoms with Crippen LogP contribution >= 0.6 is 22.9 Å². The average Bonchev–Trinajstić information content (AvgIpc) is 3.39. The number of hydrogen-bond donors (Lipinski definition) is 1. The summed E-state index contributed by atoms with van der Waals surface area (Å²) in [6.45, 7) is 2.08. The molecule has 0 aliphatic carbocycles. The first-order valence-corrected chi connectivity index (χ1v) is 10.3. The molecule has 0 atom stereocenters. The second-order valence-electron chi connectivity index (χ2n) is 6.67. The van der Waals surface area contributed by atoms with Gasteiger partial charge in [0.15, 0.2) is 5.13 Å². The van der Waals surface area contributed by atoms with Crippen molar-refractivity contribution in [1.82, 2.24) is 4.98 Å². The van der Waals surface area contributed by atoms with Gasteiger partial charge in [-0.3, -0.25) is 14.9 Å². The Labute approximate surface area is 176 Å². The van der Waals surface area contributed by atoms with E-state index in [1.807, 2.05) is 23.6 Å². The molecule has 1 fully saturated rings. The van der Waals surface area contributed by atoms with Crippen LogP contribution in [0.2, 0.25) is 5.02 Å². The number of anilines is 2. The number of aromatic nitrogens is 1. The predicted octanol–water partition coefficient (Wildman–Crippen LogP) is 5.22. The van der Waals surface area contributed by atoms with Crippen LogP contribution in [0.15, 0.2) is 47.8 Å². The van der Waals surface area contributed by atoms with Crippen molar-refractivity contribution < 1.29 is 9.72 Å². The first-order chi connectivity index (χ1) is 14.0. The molecule has 29 heavy (non-hydrogen) atoms. The topological polar surface area (TPSA) is 88.4 Å². The van der Waals surface area contributed by atoms with Crippen LogP contribution in [-0.2, 0) is 0 Å². The molecule has 2 heterocycles. The Morgan fingerprint density at radius 3 is 2.72 bits per heavy atom. The lowest BCUT2D eigenvalue weighted by atomic mass is 10.1. The smallest absolute Gasteiger partial charge is 0.270 e. The minimum absolute atomic E-state index is 0.0302. The van der Waals surface area contributed by atoms with Crippen LogP contribution in [0, 0.1) is 10.1 Å². The van der Waals surface area contributed by atoms with Crippen molar-refractivity contribution in [3.05, 3.63) is 68.5 Å². The Hall–Kier alpha value is -2.97. The van der Waals surface area contributed by atoms with E-state index < -0.39 is 10.8 Å². The zero-order valence-electron chi connectivity index (χ0n) is 15.3. The van der Waals surface area contributed by atoms with Crippen molar-refractivity contribution in [3.63, 3.8) is 0 Å². The molecular formula is C20H17ClN4O3S. The van der Waals surface area contributed by atoms with Crippen LogP contribution in [0.1, 0.15) is 23.2 Å². The van der Waals surface area contributed by atoms with E-state index in [1.165, 1.54) is 31.0 Å². The van der Waals surface area contributed by atoms with E-state index in [9.17, 15) is 14.9 Å². The number of nitrogens with zero attached hydrogens (tertiary/aromatic N) is 3. The summed E-state index contributed by atoms with van der Waals surface area (Å²) in [5, 5.41) is 16.7. The van der Waals surface area contributed by atoms with E-state index >= 15 is 0 Å². The maximum Gasteiger partial charge on any atom is 0.270 e. The Bertz CT molecular complexity index is 1080. The van der Waals surface area contributed by atoms with Gasteiger partial charge in [0.25, 0.3) is 11.6 Å². The summed E-state index contributed by atoms with van der Waals surface area (Å²) in [5.74, 6) is -0.432. The van der Waals surface area contributed by atoms with Gasteiger partial charge >= 0.3 is 0 Å². The fraction of sp³-hybridized carbons (Fsp3) is 0.200. The number of nitrogens with one attached hydrogen (secondary N) is 1. The first-order valence-electron chi connectivity index (χ1n) is 9.07. The fourth-order valence-corrected chi connectivity index (χ4v) is 4.36. The SMILES string of the molecule is O=C(Nc1cccc(-c2csc(N3CCCC3)n2)c1)c1ccc([N+](=O)[O-])cc1Cl. The van der Waals surface area contributed by atoms with Gasteiger partial charge in [0.2, 0.25) is 0 Å². The molecule has 148 valence electrons. The van der Waals surface area contributed by atoms with Crippen LogP contribution in [0.5, 0.6) is 0 Å². The van der Waals surface area contributed by atoms with E-state index in [0.29, 0.717) is 5.69 Å². The number of non-ortho nitro benzene ring substituents is 1. The summed E-state index contributed by atoms with van der Waals surface area (Å²) in [6, 6.07) is 11.2. The molecule has 0 bridgehead atoms. The van der Waals surface area contributed by atoms with Crippen molar-refractivity contribution in [2.24, 2.45) is 0 Å². The number of nitro groups is 1. The number of benzene rings is 2. The van der Waals surface area contributed by atoms with Crippen LogP contribution < -0.4 is 10.2 Å². The van der Waals surface area contributed by atoms with Crippen LogP contribution in [0.25, 0.3) is 11.3 Å². The second-order valence-corrected chi connectivity index (χ2v) is 7.91. The van der Waals surface area contributed by atoms with E-state index in [-0.39, 0.29) is 16.3 Å². The number of carbonyl (C=O) groups is 1. The number of nitro benzene ring substituents is 1. The highest BCUT2D eigenvalue weighted by Gasteiger charge is 2.17. The van der Waals surface area contributed by atoms with Crippen molar-refractivity contribution in [2.75, 3.05) is 23.3 Å². The van der Waals surface area contributed by atoms with Gasteiger partial charge in [0, 0.05) is 41.9 Å². The molecule has 0 unspecified atom stereocenters. The molecule has 0 spiro atoms. The molecule has 1 aromatic heterocycles. The second kappa shape index (κ2) is 8.18. The average molecular weight is 429 g/mol. The van der Waals surface area contributed by atoms with Crippen molar-refractivity contribution in [1.29, 1.82) is 0 Å². The Morgan fingerprint density at radius 2 is 2.00 bits per heavy atom. The van der Waals surface area contributed by atoms with Gasteiger partial charge in [0.1, 0.15) is 0 Å². The van der Waals surface area contributed by atoms with E-state index in [2.05, 4.69) is 10.2 Å². The number of thiazole rings is 1. The lowest BCUT2D eigenvalue weighted by Gasteiger charge is -2.12. The molecule has 1 saturated heterocycles. The Kier molecular flexibility index (Phi) is 5.46. The van der Waals surface area contributed by atoms with Gasteiger partial charge in [-0.15, -0.1) is 11.3 Å². The summed E-state index contributed by atoms with van der Waals surface area (Å²) < 4.78 is 0. The van der Waals surface area contributed by atoms with Gasteiger partial charge in [0.05, 0.1) is 21.2 Å². The van der Waals surface area contributed by atoms with Crippen molar-refractivity contribution in [2.45, 2.75) is 12.8 Å². The zero-order valence-corrected chi connectivity index (χ0v) is 16.9. The van der Waals surface area contributed by atoms with Gasteiger partial charge in [-0.25, -0.2) is 4.98 Å². The summed E-state index contributed by atoms with van der Waals surface area (Å²) in [4.78, 5) is 29.8. The van der Waals surface area contributed by atoms with Crippen LogP contribution in [0.4, 0.5) is 16.5 Å². The van der Waals surface area contributed by atoms with Gasteiger partial charge in [-0.2, -0.15) is 0 Å². The third-order valence-corrected chi connectivity index (χ3v) is 5.91. The van der Waals surface area contributed by atoms with Gasteiger partial charge in [-0.05, 0) is 31.0 Å². The summed E-state index contributed by atoms with van der Waals surface area (Å²) >= 11 is 7.67. The lowest BCUT2D eigenvalue weighted by Crippen LogP contribution is -2.17. The third-order valence-electron chi connectivity index (χ3n) is 4.69. The molecule has 1 aliphatic rings. The monoisotopic (exact) mass is 428 g/mol. The predicted molar refractivity (Wildman–Crippen MR) is 115 cm³/mol. The number of rotatable bonds is 5. The standard InChI is InChI=1S/C20H17ClN4O3S/c21-17-11-15(25(27)28)6-7-16(17)19(26)22-14-5-3-4-13(10-14)18-12-29-20(23-18)24-8-1-2-9-24/h3-7,10-12H,1-2,8-9H2,(H,22,26). The van der Waals surface area contributed by atoms with Gasteiger partial charge < -0.3 is 10.2 Å². The van der Waals surface area contributed by atoms with Crippen LogP contribution in [-0.4, -0.2) is 28.9 Å². The maximum absolute atomic E-state index is 12.6. The first kappa shape index (κ1) is 19.4. The highest BCUT2D eigenvalue weighted by atomic mass is 35.5. The molecule has 9 heteroatoms. The summed E-state index contributed by atoms with van der Waals surface area (Å²) in [7, 11) is 0. The minimum Gasteiger partial charge on any atom is -0.348 e. The number of amides is 1. The molecule has 1 aliphatic heterocycles. The Balaban J connectivity index is 1.52. The lowest BCUT2D eigenvalue weighted by molar-refractivity contribution is -0.384. The zero-order chi connectivity index (χ0) is 20.4. The quantitative estimate of drug-likeness (QED) is 0.444. The minimum atomic E-state index is -0.554. The van der Waals surface area contributed by atoms with Gasteiger partial charge in [-0.1, -0.05) is 23.7 Å². The molecule has 0 radical (unpaired) electrons. The van der Waals surface area contributed by atoms with E-state index in [4.69, 9.17) is 16.6 Å². The maximum atomic E-state index is 12.6. The number of hydrogen-bond acceptors (Lipinski definition) is 6. The highest BCUT2D eigenvalue weighted by Crippen LogP contribution is 2.31. The van der Waals surface area contributed by atoms with E-state index in [1.54, 1.807) is 17.4 Å². The Morgan fingerprint density at radius 1 is 1.21 bits per heavy atom. The van der Waals surface area contributed by atoms with Crippen LogP contribution in [0.3, 0.4) is 0 Å². The molecule has 4 rings (SSSR count). The normalized spacial score (nSPS) is 13.5. The largest absolute Gasteiger partial charge is 0.348 e. The summed E-state index contributed by atoms with van der Waals surface area (Å²) in [6.07, 6.45) is 2.39. The molecule has 0 saturated carbocycles. The van der Waals surface area contributed by atoms with E-state index in [0.717, 1.165) is 29.5 Å². The third kappa shape index (κ3) is 4.23. The molecular weight excluding hydrogens is 412 g/mol. The summed E-state index contributed by atoms with van der Waals surface area (Å²) in [5.41, 5.74) is 2.37. The number of carbonyl (C=O) groups excluding carboxylic acids is 1. The molecule has 3 aromatic rings. The van der Waals surface area contributed by atoms with Crippen molar-refractivity contribution in [3.8, 4) is 11.3 Å². The molecule has 7 nitrogen and oxygen atoms in total. The molecule has 2 aromatic carbocycles. The molecule has 1 N–H and O–H groups in total. The highest BCUT2D eigenvalue weighted by molar-refractivity contribution is 7.14. The van der Waals surface area contributed by atoms with Crippen molar-refractivity contribution >= 4 is 45.4 Å². The molecule has 1 amide bonds. The fourth-order valence-electron chi connectivity index (χ4n) is 3.21.